The van der Waals surface area contributed by atoms with Crippen molar-refractivity contribution in [2.24, 2.45) is 0 Å². The summed E-state index contributed by atoms with van der Waals surface area (Å²) in [7, 11) is 0. The number of halogens is 1. The van der Waals surface area contributed by atoms with E-state index in [0.717, 1.165) is 0 Å². The first-order chi connectivity index (χ1) is 7.16. The number of esters is 1. The molecule has 1 aliphatic rings. The largest absolute Gasteiger partial charge is 0.476 e. The molecule has 1 saturated heterocycles. The van der Waals surface area contributed by atoms with Crippen LogP contribution < -0.4 is 10.5 Å². The van der Waals surface area contributed by atoms with E-state index in [1.165, 1.54) is 0 Å². The van der Waals surface area contributed by atoms with Crippen LogP contribution >= 0.6 is 11.6 Å². The lowest BCUT2D eigenvalue weighted by Gasteiger charge is -2.11. The monoisotopic (exact) mass is 227 g/mol. The Hall–Kier alpha value is -1.42. The van der Waals surface area contributed by atoms with Crippen molar-refractivity contribution in [3.63, 3.8) is 0 Å². The summed E-state index contributed by atoms with van der Waals surface area (Å²) >= 11 is 5.74. The van der Waals surface area contributed by atoms with Gasteiger partial charge in [0, 0.05) is 11.4 Å². The summed E-state index contributed by atoms with van der Waals surface area (Å²) in [5.41, 5.74) is 6.10. The van der Waals surface area contributed by atoms with Crippen molar-refractivity contribution in [2.45, 2.75) is 12.5 Å². The summed E-state index contributed by atoms with van der Waals surface area (Å²) in [5, 5.41) is 0.536. The number of ether oxygens (including phenoxy) is 2. The first-order valence-electron chi connectivity index (χ1n) is 4.55. The van der Waals surface area contributed by atoms with Crippen molar-refractivity contribution >= 4 is 23.3 Å². The molecule has 2 rings (SSSR count). The Morgan fingerprint density at radius 2 is 2.33 bits per heavy atom. The van der Waals surface area contributed by atoms with Crippen LogP contribution in [0.5, 0.6) is 5.75 Å². The second kappa shape index (κ2) is 3.98. The molecule has 1 aromatic rings. The van der Waals surface area contributed by atoms with E-state index in [4.69, 9.17) is 26.8 Å². The summed E-state index contributed by atoms with van der Waals surface area (Å²) < 4.78 is 10.2. The topological polar surface area (TPSA) is 61.6 Å². The zero-order chi connectivity index (χ0) is 10.8. The average molecular weight is 228 g/mol. The number of benzene rings is 1. The van der Waals surface area contributed by atoms with Crippen LogP contribution in [0.15, 0.2) is 18.2 Å². The number of carbonyl (C=O) groups is 1. The fourth-order valence-electron chi connectivity index (χ4n) is 1.36. The molecule has 1 aromatic carbocycles. The summed E-state index contributed by atoms with van der Waals surface area (Å²) in [6.07, 6.45) is 0.00874. The number of hydrogen-bond acceptors (Lipinski definition) is 4. The molecule has 80 valence electrons. The zero-order valence-electron chi connectivity index (χ0n) is 7.90. The molecule has 0 radical (unpaired) electrons. The standard InChI is InChI=1S/C10H10ClNO3/c11-6-1-2-8(7(12)5-6)15-9-3-4-14-10(9)13/h1-2,5,9H,3-4,12H2. The van der Waals surface area contributed by atoms with Crippen LogP contribution in [0.2, 0.25) is 5.02 Å². The Kier molecular flexibility index (Phi) is 2.68. The highest BCUT2D eigenvalue weighted by molar-refractivity contribution is 6.30. The Balaban J connectivity index is 2.13. The van der Waals surface area contributed by atoms with E-state index in [1.807, 2.05) is 0 Å². The molecular weight excluding hydrogens is 218 g/mol. The van der Waals surface area contributed by atoms with Gasteiger partial charge in [0.25, 0.3) is 0 Å². The highest BCUT2D eigenvalue weighted by atomic mass is 35.5. The number of cyclic esters (lactones) is 1. The van der Waals surface area contributed by atoms with Gasteiger partial charge in [-0.3, -0.25) is 0 Å². The van der Waals surface area contributed by atoms with Gasteiger partial charge >= 0.3 is 5.97 Å². The first-order valence-corrected chi connectivity index (χ1v) is 4.93. The summed E-state index contributed by atoms with van der Waals surface area (Å²) in [6.45, 7) is 0.400. The van der Waals surface area contributed by atoms with E-state index >= 15 is 0 Å². The smallest absolute Gasteiger partial charge is 0.347 e. The molecule has 1 unspecified atom stereocenters. The van der Waals surface area contributed by atoms with Crippen LogP contribution in [0.4, 0.5) is 5.69 Å². The Morgan fingerprint density at radius 1 is 1.53 bits per heavy atom. The van der Waals surface area contributed by atoms with Gasteiger partial charge < -0.3 is 15.2 Å². The number of nitrogens with two attached hydrogens (primary N) is 1. The molecule has 15 heavy (non-hydrogen) atoms. The number of nitrogen functional groups attached to an aromatic ring is 1. The lowest BCUT2D eigenvalue weighted by Crippen LogP contribution is -2.22. The van der Waals surface area contributed by atoms with Gasteiger partial charge in [0.05, 0.1) is 12.3 Å². The van der Waals surface area contributed by atoms with Crippen LogP contribution in [0, 0.1) is 0 Å². The SMILES string of the molecule is Nc1cc(Cl)ccc1OC1CCOC1=O. The molecule has 0 spiro atoms. The van der Waals surface area contributed by atoms with Gasteiger partial charge in [0.15, 0.2) is 6.10 Å². The van der Waals surface area contributed by atoms with Crippen LogP contribution in [0.25, 0.3) is 0 Å². The number of hydrogen-bond donors (Lipinski definition) is 1. The number of rotatable bonds is 2. The summed E-state index contributed by atoms with van der Waals surface area (Å²) in [4.78, 5) is 11.1. The van der Waals surface area contributed by atoms with E-state index in [-0.39, 0.29) is 5.97 Å². The Bertz CT molecular complexity index is 394. The highest BCUT2D eigenvalue weighted by Crippen LogP contribution is 2.27. The van der Waals surface area contributed by atoms with Crippen LogP contribution in [0.3, 0.4) is 0 Å². The van der Waals surface area contributed by atoms with Gasteiger partial charge in [-0.25, -0.2) is 4.79 Å². The van der Waals surface area contributed by atoms with Crippen molar-refractivity contribution in [2.75, 3.05) is 12.3 Å². The molecule has 0 saturated carbocycles. The van der Waals surface area contributed by atoms with Crippen molar-refractivity contribution in [3.05, 3.63) is 23.2 Å². The molecule has 0 bridgehead atoms. The van der Waals surface area contributed by atoms with Gasteiger partial charge in [-0.05, 0) is 18.2 Å². The van der Waals surface area contributed by atoms with Gasteiger partial charge in [-0.1, -0.05) is 11.6 Å². The minimum Gasteiger partial charge on any atom is -0.476 e. The highest BCUT2D eigenvalue weighted by Gasteiger charge is 2.28. The third kappa shape index (κ3) is 2.15. The predicted octanol–water partition coefficient (Wildman–Crippen LogP) is 1.62. The van der Waals surface area contributed by atoms with Gasteiger partial charge in [-0.2, -0.15) is 0 Å². The molecule has 4 nitrogen and oxygen atoms in total. The molecule has 1 fully saturated rings. The number of carbonyl (C=O) groups excluding carboxylic acids is 1. The van der Waals surface area contributed by atoms with E-state index in [2.05, 4.69) is 0 Å². The number of anilines is 1. The lowest BCUT2D eigenvalue weighted by molar-refractivity contribution is -0.143. The maximum Gasteiger partial charge on any atom is 0.347 e. The normalized spacial score (nSPS) is 20.1. The molecule has 0 aromatic heterocycles. The molecule has 5 heteroatoms. The molecule has 1 aliphatic heterocycles. The van der Waals surface area contributed by atoms with E-state index < -0.39 is 6.10 Å². The van der Waals surface area contributed by atoms with Crippen LogP contribution in [-0.2, 0) is 9.53 Å². The zero-order valence-corrected chi connectivity index (χ0v) is 8.66. The Labute approximate surface area is 91.9 Å². The van der Waals surface area contributed by atoms with Gasteiger partial charge in [-0.15, -0.1) is 0 Å². The second-order valence-electron chi connectivity index (χ2n) is 3.24. The third-order valence-electron chi connectivity index (χ3n) is 2.13. The fraction of sp³-hybridized carbons (Fsp3) is 0.300. The maximum atomic E-state index is 11.1. The third-order valence-corrected chi connectivity index (χ3v) is 2.36. The summed E-state index contributed by atoms with van der Waals surface area (Å²) in [5.74, 6) is 0.118. The van der Waals surface area contributed by atoms with Crippen LogP contribution in [-0.4, -0.2) is 18.7 Å². The fourth-order valence-corrected chi connectivity index (χ4v) is 1.54. The summed E-state index contributed by atoms with van der Waals surface area (Å²) in [6, 6.07) is 4.88. The quantitative estimate of drug-likeness (QED) is 0.616. The molecule has 1 heterocycles. The minimum absolute atomic E-state index is 0.343. The van der Waals surface area contributed by atoms with Crippen molar-refractivity contribution in [1.29, 1.82) is 0 Å². The molecule has 0 amide bonds. The molecular formula is C10H10ClNO3. The van der Waals surface area contributed by atoms with E-state index in [9.17, 15) is 4.79 Å². The van der Waals surface area contributed by atoms with Crippen molar-refractivity contribution in [1.82, 2.24) is 0 Å². The molecule has 0 aliphatic carbocycles. The van der Waals surface area contributed by atoms with Crippen molar-refractivity contribution in [3.8, 4) is 5.75 Å². The Morgan fingerprint density at radius 3 is 2.93 bits per heavy atom. The van der Waals surface area contributed by atoms with E-state index in [1.54, 1.807) is 18.2 Å². The second-order valence-corrected chi connectivity index (χ2v) is 3.68. The maximum absolute atomic E-state index is 11.1. The molecule has 1 atom stereocenters. The van der Waals surface area contributed by atoms with Crippen LogP contribution in [0.1, 0.15) is 6.42 Å². The first kappa shape index (κ1) is 10.1. The lowest BCUT2D eigenvalue weighted by atomic mass is 10.2. The van der Waals surface area contributed by atoms with Gasteiger partial charge in [0.2, 0.25) is 0 Å². The minimum atomic E-state index is -0.548. The van der Waals surface area contributed by atoms with Gasteiger partial charge in [0.1, 0.15) is 5.75 Å². The molecule has 2 N–H and O–H groups in total. The predicted molar refractivity (Wildman–Crippen MR) is 55.9 cm³/mol. The van der Waals surface area contributed by atoms with E-state index in [0.29, 0.717) is 29.5 Å². The van der Waals surface area contributed by atoms with Crippen molar-refractivity contribution < 1.29 is 14.3 Å². The average Bonchev–Trinajstić information content (AvgIpc) is 2.57.